The van der Waals surface area contributed by atoms with E-state index in [1.54, 1.807) is 11.3 Å². The average molecular weight is 280 g/mol. The standard InChI is InChI=1S/C13H9FS3/c1-8-7-10-11(15-8)12(13(14)17-10)16-9-5-3-2-4-6-9/h2-7H,1H3. The number of rotatable bonds is 2. The summed E-state index contributed by atoms with van der Waals surface area (Å²) in [5.74, 6) is 0. The van der Waals surface area contributed by atoms with Gasteiger partial charge in [-0.2, -0.15) is 4.39 Å². The Bertz CT molecular complexity index is 652. The molecule has 0 spiro atoms. The van der Waals surface area contributed by atoms with Gasteiger partial charge in [-0.15, -0.1) is 22.7 Å². The van der Waals surface area contributed by atoms with Crippen LogP contribution in [0.4, 0.5) is 4.39 Å². The number of halogens is 1. The van der Waals surface area contributed by atoms with Crippen molar-refractivity contribution >= 4 is 43.8 Å². The Hall–Kier alpha value is -0.840. The molecule has 0 aliphatic heterocycles. The van der Waals surface area contributed by atoms with Crippen molar-refractivity contribution in [3.63, 3.8) is 0 Å². The van der Waals surface area contributed by atoms with Gasteiger partial charge in [0.05, 0.1) is 9.60 Å². The van der Waals surface area contributed by atoms with Gasteiger partial charge < -0.3 is 0 Å². The first-order valence-electron chi connectivity index (χ1n) is 5.15. The molecule has 0 N–H and O–H groups in total. The van der Waals surface area contributed by atoms with E-state index in [-0.39, 0.29) is 5.13 Å². The summed E-state index contributed by atoms with van der Waals surface area (Å²) in [5.41, 5.74) is 0. The molecule has 0 aliphatic rings. The fourth-order valence-electron chi connectivity index (χ4n) is 1.65. The molecule has 3 aromatic rings. The lowest BCUT2D eigenvalue weighted by atomic mass is 10.4. The molecule has 0 nitrogen and oxygen atoms in total. The minimum Gasteiger partial charge on any atom is -0.194 e. The zero-order valence-electron chi connectivity index (χ0n) is 9.07. The predicted octanol–water partition coefficient (Wildman–Crippen LogP) is 5.56. The van der Waals surface area contributed by atoms with Crippen LogP contribution in [0.25, 0.3) is 9.40 Å². The molecular formula is C13H9FS3. The number of fused-ring (bicyclic) bond motifs is 1. The van der Waals surface area contributed by atoms with Crippen molar-refractivity contribution in [1.82, 2.24) is 0 Å². The van der Waals surface area contributed by atoms with Gasteiger partial charge in [-0.1, -0.05) is 30.0 Å². The van der Waals surface area contributed by atoms with Crippen LogP contribution in [-0.2, 0) is 0 Å². The lowest BCUT2D eigenvalue weighted by Gasteiger charge is -1.98. The maximum Gasteiger partial charge on any atom is 0.192 e. The summed E-state index contributed by atoms with van der Waals surface area (Å²) in [6.07, 6.45) is 0. The molecule has 2 heterocycles. The molecule has 1 aromatic carbocycles. The Kier molecular flexibility index (Phi) is 2.94. The Morgan fingerprint density at radius 3 is 2.65 bits per heavy atom. The SMILES string of the molecule is Cc1cc2sc(F)c(Sc3ccccc3)c2s1. The zero-order chi connectivity index (χ0) is 11.8. The lowest BCUT2D eigenvalue weighted by molar-refractivity contribution is 0.636. The van der Waals surface area contributed by atoms with Crippen LogP contribution in [0.3, 0.4) is 0 Å². The Balaban J connectivity index is 2.07. The largest absolute Gasteiger partial charge is 0.194 e. The van der Waals surface area contributed by atoms with Crippen molar-refractivity contribution in [2.45, 2.75) is 16.7 Å². The van der Waals surface area contributed by atoms with Crippen molar-refractivity contribution in [3.8, 4) is 0 Å². The van der Waals surface area contributed by atoms with Gasteiger partial charge in [0, 0.05) is 14.5 Å². The van der Waals surface area contributed by atoms with E-state index < -0.39 is 0 Å². The average Bonchev–Trinajstić information content (AvgIpc) is 2.79. The molecule has 0 saturated carbocycles. The van der Waals surface area contributed by atoms with Crippen LogP contribution >= 0.6 is 34.4 Å². The summed E-state index contributed by atoms with van der Waals surface area (Å²) in [4.78, 5) is 3.09. The summed E-state index contributed by atoms with van der Waals surface area (Å²) in [7, 11) is 0. The topological polar surface area (TPSA) is 0 Å². The molecule has 0 aliphatic carbocycles. The first-order chi connectivity index (χ1) is 8.24. The molecular weight excluding hydrogens is 271 g/mol. The third-order valence-corrected chi connectivity index (χ3v) is 5.84. The monoisotopic (exact) mass is 280 g/mol. The molecule has 0 atom stereocenters. The van der Waals surface area contributed by atoms with Crippen molar-refractivity contribution in [1.29, 1.82) is 0 Å². The molecule has 3 rings (SSSR count). The molecule has 2 aromatic heterocycles. The van der Waals surface area contributed by atoms with Gasteiger partial charge >= 0.3 is 0 Å². The maximum absolute atomic E-state index is 13.9. The number of thiophene rings is 2. The van der Waals surface area contributed by atoms with E-state index >= 15 is 0 Å². The van der Waals surface area contributed by atoms with Crippen molar-refractivity contribution in [2.24, 2.45) is 0 Å². The zero-order valence-corrected chi connectivity index (χ0v) is 11.5. The van der Waals surface area contributed by atoms with Gasteiger partial charge in [-0.3, -0.25) is 0 Å². The van der Waals surface area contributed by atoms with Gasteiger partial charge in [-0.05, 0) is 25.1 Å². The minimum atomic E-state index is -0.0693. The molecule has 0 unspecified atom stereocenters. The summed E-state index contributed by atoms with van der Waals surface area (Å²) < 4.78 is 16.0. The van der Waals surface area contributed by atoms with Crippen molar-refractivity contribution < 1.29 is 4.39 Å². The van der Waals surface area contributed by atoms with E-state index in [9.17, 15) is 4.39 Å². The molecule has 86 valence electrons. The molecule has 4 heteroatoms. The van der Waals surface area contributed by atoms with Crippen molar-refractivity contribution in [3.05, 3.63) is 46.4 Å². The second kappa shape index (κ2) is 4.44. The lowest BCUT2D eigenvalue weighted by Crippen LogP contribution is -1.72. The fourth-order valence-corrected chi connectivity index (χ4v) is 5.07. The van der Waals surface area contributed by atoms with Crippen molar-refractivity contribution in [2.75, 3.05) is 0 Å². The van der Waals surface area contributed by atoms with E-state index in [1.807, 2.05) is 30.3 Å². The van der Waals surface area contributed by atoms with Gasteiger partial charge in [0.1, 0.15) is 0 Å². The van der Waals surface area contributed by atoms with E-state index in [1.165, 1.54) is 28.0 Å². The van der Waals surface area contributed by atoms with Crippen LogP contribution in [0, 0.1) is 12.1 Å². The van der Waals surface area contributed by atoms with Gasteiger partial charge in [-0.25, -0.2) is 0 Å². The highest BCUT2D eigenvalue weighted by molar-refractivity contribution is 8.00. The van der Waals surface area contributed by atoms with E-state index in [4.69, 9.17) is 0 Å². The van der Waals surface area contributed by atoms with Gasteiger partial charge in [0.15, 0.2) is 5.13 Å². The molecule has 0 fully saturated rings. The number of hydrogen-bond acceptors (Lipinski definition) is 3. The Morgan fingerprint density at radius 2 is 1.88 bits per heavy atom. The molecule has 0 radical (unpaired) electrons. The quantitative estimate of drug-likeness (QED) is 0.592. The van der Waals surface area contributed by atoms with Crippen LogP contribution in [0.15, 0.2) is 46.2 Å². The maximum atomic E-state index is 13.9. The fraction of sp³-hybridized carbons (Fsp3) is 0.0769. The molecule has 0 bridgehead atoms. The molecule has 17 heavy (non-hydrogen) atoms. The van der Waals surface area contributed by atoms with Crippen LogP contribution in [-0.4, -0.2) is 0 Å². The van der Waals surface area contributed by atoms with Crippen LogP contribution < -0.4 is 0 Å². The Labute approximate surface area is 111 Å². The van der Waals surface area contributed by atoms with Crippen LogP contribution in [0.1, 0.15) is 4.88 Å². The number of aryl methyl sites for hydroxylation is 1. The Morgan fingerprint density at radius 1 is 1.12 bits per heavy atom. The summed E-state index contributed by atoms with van der Waals surface area (Å²) in [6, 6.07) is 12.0. The van der Waals surface area contributed by atoms with Gasteiger partial charge in [0.25, 0.3) is 0 Å². The van der Waals surface area contributed by atoms with E-state index in [2.05, 4.69) is 13.0 Å². The molecule has 0 saturated heterocycles. The first-order valence-corrected chi connectivity index (χ1v) is 7.60. The van der Waals surface area contributed by atoms with Crippen LogP contribution in [0.2, 0.25) is 0 Å². The van der Waals surface area contributed by atoms with Gasteiger partial charge in [0.2, 0.25) is 0 Å². The number of benzene rings is 1. The second-order valence-corrected chi connectivity index (χ2v) is 7.01. The number of hydrogen-bond donors (Lipinski definition) is 0. The second-order valence-electron chi connectivity index (χ2n) is 3.67. The summed E-state index contributed by atoms with van der Waals surface area (Å²) in [5, 5.41) is -0.0693. The van der Waals surface area contributed by atoms with Crippen LogP contribution in [0.5, 0.6) is 0 Å². The normalized spacial score (nSPS) is 11.2. The third-order valence-electron chi connectivity index (χ3n) is 2.37. The highest BCUT2D eigenvalue weighted by atomic mass is 32.2. The van der Waals surface area contributed by atoms with E-state index in [0.29, 0.717) is 0 Å². The first kappa shape index (κ1) is 11.3. The smallest absolute Gasteiger partial charge is 0.192 e. The summed E-state index contributed by atoms with van der Waals surface area (Å²) in [6.45, 7) is 2.06. The third kappa shape index (κ3) is 2.12. The molecule has 0 amide bonds. The predicted molar refractivity (Wildman–Crippen MR) is 75.0 cm³/mol. The highest BCUT2D eigenvalue weighted by Crippen LogP contribution is 2.44. The minimum absolute atomic E-state index is 0.0693. The highest BCUT2D eigenvalue weighted by Gasteiger charge is 2.15. The summed E-state index contributed by atoms with van der Waals surface area (Å²) >= 11 is 4.42. The van der Waals surface area contributed by atoms with E-state index in [0.717, 1.165) is 19.2 Å².